The second kappa shape index (κ2) is 16.9. The van der Waals surface area contributed by atoms with E-state index in [0.29, 0.717) is 5.56 Å². The number of unbranched alkanes of at least 4 members (excludes halogenated alkanes) is 13. The fraction of sp³-hybridized carbons (Fsp3) is 0.692. The summed E-state index contributed by atoms with van der Waals surface area (Å²) in [5.41, 5.74) is 1.34. The summed E-state index contributed by atoms with van der Waals surface area (Å²) in [6.45, 7) is 4.58. The van der Waals surface area contributed by atoms with Gasteiger partial charge in [-0.25, -0.2) is 0 Å². The van der Waals surface area contributed by atoms with Crippen LogP contribution in [-0.4, -0.2) is 23.4 Å². The Balaban J connectivity index is 2.01. The Morgan fingerprint density at radius 2 is 1.33 bits per heavy atom. The van der Waals surface area contributed by atoms with Gasteiger partial charge in [0, 0.05) is 17.8 Å². The van der Waals surface area contributed by atoms with E-state index in [0.717, 1.165) is 18.7 Å². The topological polar surface area (TPSA) is 66.4 Å². The molecule has 0 fully saturated rings. The van der Waals surface area contributed by atoms with Gasteiger partial charge in [-0.3, -0.25) is 9.59 Å². The van der Waals surface area contributed by atoms with Gasteiger partial charge in [0.1, 0.15) is 5.92 Å². The molecule has 0 spiro atoms. The van der Waals surface area contributed by atoms with E-state index in [1.54, 1.807) is 18.2 Å². The molecule has 4 heteroatoms. The lowest BCUT2D eigenvalue weighted by atomic mass is 9.99. The third-order valence-electron chi connectivity index (χ3n) is 5.77. The number of anilines is 1. The van der Waals surface area contributed by atoms with E-state index in [2.05, 4.69) is 12.2 Å². The molecule has 1 aromatic carbocycles. The number of ketones is 1. The zero-order valence-electron chi connectivity index (χ0n) is 19.3. The van der Waals surface area contributed by atoms with Crippen LogP contribution in [0.3, 0.4) is 0 Å². The number of carbonyl (C=O) groups excluding carboxylic acids is 1. The molecule has 0 aliphatic rings. The van der Waals surface area contributed by atoms with Gasteiger partial charge in [-0.15, -0.1) is 0 Å². The van der Waals surface area contributed by atoms with Gasteiger partial charge in [0.15, 0.2) is 5.78 Å². The van der Waals surface area contributed by atoms with E-state index in [1.807, 2.05) is 6.07 Å². The molecular weight excluding hydrogens is 374 g/mol. The lowest BCUT2D eigenvalue weighted by molar-refractivity contribution is -0.139. The van der Waals surface area contributed by atoms with E-state index in [4.69, 9.17) is 5.11 Å². The maximum Gasteiger partial charge on any atom is 0.314 e. The SMILES string of the molecule is CCCCCCCCCCCCCCCCNc1cccc(C(=O)C(C)C(=O)O)c1. The minimum Gasteiger partial charge on any atom is -0.481 e. The van der Waals surface area contributed by atoms with Crippen molar-refractivity contribution in [1.29, 1.82) is 0 Å². The van der Waals surface area contributed by atoms with E-state index >= 15 is 0 Å². The van der Waals surface area contributed by atoms with E-state index < -0.39 is 11.9 Å². The summed E-state index contributed by atoms with van der Waals surface area (Å²) in [6, 6.07) is 7.16. The fourth-order valence-corrected chi connectivity index (χ4v) is 3.70. The third-order valence-corrected chi connectivity index (χ3v) is 5.77. The largest absolute Gasteiger partial charge is 0.481 e. The lowest BCUT2D eigenvalue weighted by Crippen LogP contribution is -2.20. The van der Waals surface area contributed by atoms with Crippen LogP contribution in [0.25, 0.3) is 0 Å². The Hall–Kier alpha value is -1.84. The number of hydrogen-bond acceptors (Lipinski definition) is 3. The van der Waals surface area contributed by atoms with Crippen LogP contribution in [0.5, 0.6) is 0 Å². The number of carboxylic acid groups (broad SMARTS) is 1. The number of benzene rings is 1. The van der Waals surface area contributed by atoms with E-state index in [1.165, 1.54) is 90.4 Å². The maximum atomic E-state index is 12.1. The summed E-state index contributed by atoms with van der Waals surface area (Å²) >= 11 is 0. The molecule has 4 nitrogen and oxygen atoms in total. The smallest absolute Gasteiger partial charge is 0.314 e. The van der Waals surface area contributed by atoms with Crippen molar-refractivity contribution in [3.63, 3.8) is 0 Å². The number of Topliss-reactive ketones (excluding diaryl/α,β-unsaturated/α-hetero) is 1. The minimum absolute atomic E-state index is 0.345. The lowest BCUT2D eigenvalue weighted by Gasteiger charge is -2.10. The molecule has 2 N–H and O–H groups in total. The Morgan fingerprint density at radius 3 is 1.83 bits per heavy atom. The molecule has 0 radical (unpaired) electrons. The van der Waals surface area contributed by atoms with Crippen LogP contribution in [0.15, 0.2) is 24.3 Å². The van der Waals surface area contributed by atoms with Gasteiger partial charge < -0.3 is 10.4 Å². The molecule has 30 heavy (non-hydrogen) atoms. The van der Waals surface area contributed by atoms with E-state index in [9.17, 15) is 9.59 Å². The predicted octanol–water partition coefficient (Wildman–Crippen LogP) is 7.48. The van der Waals surface area contributed by atoms with Crippen molar-refractivity contribution in [3.05, 3.63) is 29.8 Å². The molecule has 0 bridgehead atoms. The molecule has 0 heterocycles. The first-order valence-electron chi connectivity index (χ1n) is 12.2. The zero-order valence-corrected chi connectivity index (χ0v) is 19.3. The fourth-order valence-electron chi connectivity index (χ4n) is 3.70. The zero-order chi connectivity index (χ0) is 22.0. The van der Waals surface area contributed by atoms with Gasteiger partial charge in [0.25, 0.3) is 0 Å². The molecule has 0 amide bonds. The van der Waals surface area contributed by atoms with Gasteiger partial charge >= 0.3 is 5.97 Å². The standard InChI is InChI=1S/C26H43NO3/c1-3-4-5-6-7-8-9-10-11-12-13-14-15-16-20-27-24-19-17-18-23(21-24)25(28)22(2)26(29)30/h17-19,21-22,27H,3-16,20H2,1-2H3,(H,29,30). The Kier molecular flexibility index (Phi) is 14.8. The maximum absolute atomic E-state index is 12.1. The molecule has 0 aliphatic heterocycles. The molecule has 0 saturated carbocycles. The highest BCUT2D eigenvalue weighted by atomic mass is 16.4. The monoisotopic (exact) mass is 417 g/mol. The molecule has 170 valence electrons. The van der Waals surface area contributed by atoms with Crippen molar-refractivity contribution in [2.75, 3.05) is 11.9 Å². The van der Waals surface area contributed by atoms with Crippen LogP contribution in [-0.2, 0) is 4.79 Å². The number of aliphatic carboxylic acids is 1. The highest BCUT2D eigenvalue weighted by Crippen LogP contribution is 2.16. The number of carbonyl (C=O) groups is 2. The van der Waals surface area contributed by atoms with Crippen molar-refractivity contribution in [1.82, 2.24) is 0 Å². The molecule has 0 saturated heterocycles. The average Bonchev–Trinajstić information content (AvgIpc) is 2.75. The molecule has 1 aromatic rings. The minimum atomic E-state index is -1.08. The van der Waals surface area contributed by atoms with E-state index in [-0.39, 0.29) is 5.78 Å². The van der Waals surface area contributed by atoms with Crippen LogP contribution < -0.4 is 5.32 Å². The molecule has 0 aromatic heterocycles. The molecule has 1 unspecified atom stereocenters. The summed E-state index contributed by atoms with van der Waals surface area (Å²) in [5, 5.41) is 12.4. The average molecular weight is 418 g/mol. The quantitative estimate of drug-likeness (QED) is 0.139. The van der Waals surface area contributed by atoms with Gasteiger partial charge in [0.2, 0.25) is 0 Å². The summed E-state index contributed by atoms with van der Waals surface area (Å²) < 4.78 is 0. The first-order chi connectivity index (χ1) is 14.6. The third kappa shape index (κ3) is 12.0. The van der Waals surface area contributed by atoms with Crippen LogP contribution in [0.2, 0.25) is 0 Å². The van der Waals surface area contributed by atoms with Crippen molar-refractivity contribution in [2.45, 2.75) is 104 Å². The molecule has 0 aliphatic carbocycles. The van der Waals surface area contributed by atoms with Crippen molar-refractivity contribution < 1.29 is 14.7 Å². The molecule has 1 rings (SSSR count). The molecule has 1 atom stereocenters. The number of hydrogen-bond donors (Lipinski definition) is 2. The summed E-state index contributed by atoms with van der Waals surface area (Å²) in [6.07, 6.45) is 18.9. The first-order valence-corrected chi connectivity index (χ1v) is 12.2. The van der Waals surface area contributed by atoms with Crippen molar-refractivity contribution in [3.8, 4) is 0 Å². The van der Waals surface area contributed by atoms with Crippen molar-refractivity contribution in [2.24, 2.45) is 5.92 Å². The Labute approximate surface area is 183 Å². The highest BCUT2D eigenvalue weighted by Gasteiger charge is 2.21. The second-order valence-electron chi connectivity index (χ2n) is 8.53. The highest BCUT2D eigenvalue weighted by molar-refractivity contribution is 6.08. The molecular formula is C26H43NO3. The predicted molar refractivity (Wildman–Crippen MR) is 126 cm³/mol. The van der Waals surface area contributed by atoms with Crippen LogP contribution in [0.4, 0.5) is 5.69 Å². The number of nitrogens with one attached hydrogen (secondary N) is 1. The normalized spacial score (nSPS) is 11.9. The number of carboxylic acids is 1. The van der Waals surface area contributed by atoms with Gasteiger partial charge in [0.05, 0.1) is 0 Å². The Bertz CT molecular complexity index is 600. The summed E-state index contributed by atoms with van der Waals surface area (Å²) in [4.78, 5) is 23.1. The van der Waals surface area contributed by atoms with Crippen LogP contribution in [0, 0.1) is 5.92 Å². The van der Waals surface area contributed by atoms with Gasteiger partial charge in [-0.1, -0.05) is 103 Å². The van der Waals surface area contributed by atoms with Crippen LogP contribution in [0.1, 0.15) is 114 Å². The van der Waals surface area contributed by atoms with Crippen LogP contribution >= 0.6 is 0 Å². The summed E-state index contributed by atoms with van der Waals surface area (Å²) in [5.74, 6) is -2.44. The second-order valence-corrected chi connectivity index (χ2v) is 8.53. The Morgan fingerprint density at radius 1 is 0.833 bits per heavy atom. The van der Waals surface area contributed by atoms with Gasteiger partial charge in [-0.2, -0.15) is 0 Å². The van der Waals surface area contributed by atoms with Gasteiger partial charge in [-0.05, 0) is 25.5 Å². The first kappa shape index (κ1) is 26.2. The number of rotatable bonds is 19. The van der Waals surface area contributed by atoms with Crippen molar-refractivity contribution >= 4 is 17.4 Å². The summed E-state index contributed by atoms with van der Waals surface area (Å²) in [7, 11) is 0.